The van der Waals surface area contributed by atoms with E-state index in [2.05, 4.69) is 40.1 Å². The molecule has 0 radical (unpaired) electrons. The fourth-order valence-electron chi connectivity index (χ4n) is 6.42. The fraction of sp³-hybridized carbons (Fsp3) is 0.463. The van der Waals surface area contributed by atoms with Gasteiger partial charge in [-0.1, -0.05) is 44.2 Å². The summed E-state index contributed by atoms with van der Waals surface area (Å²) in [6.45, 7) is 7.92. The van der Waals surface area contributed by atoms with E-state index in [9.17, 15) is 24.0 Å². The number of nitrogens with one attached hydrogen (secondary N) is 4. The van der Waals surface area contributed by atoms with Crippen molar-refractivity contribution in [3.8, 4) is 11.5 Å². The van der Waals surface area contributed by atoms with Gasteiger partial charge in [0.15, 0.2) is 0 Å². The maximum atomic E-state index is 14.2. The summed E-state index contributed by atoms with van der Waals surface area (Å²) in [6, 6.07) is 15.8. The van der Waals surface area contributed by atoms with E-state index < -0.39 is 41.8 Å². The second-order valence-electron chi connectivity index (χ2n) is 14.7. The monoisotopic (exact) mass is 740 g/mol. The standard InChI is InChI=1S/C41H52N6O7/c1-25(2)19-31-24-54-33-17-13-29(14-18-33)21-36(45-38(49)34-8-6-7-26(3)42-34)40(51)46-35(20-28-11-15-32(53-5)16-12-28)39(50)43-27(4)41(52)47(22-30-9-10-30)23-37(48)44-31/h6-8,11-18,25,27,30-31,35-36H,9-10,19-24H2,1-5H3,(H,43,50)(H,44,48)(H,45,49)(H,46,51)/t27-,31+,35+,36+/m1/s1. The SMILES string of the molecule is COc1ccc(C[C@@H]2NC(=O)[C@@H](NC(=O)c3cccc(C)n3)Cc3ccc(cc3)OC[C@H](CC(C)C)NC(=O)CN(CC3CC3)C(=O)[C@@H](C)NC2=O)cc1. The summed E-state index contributed by atoms with van der Waals surface area (Å²) in [7, 11) is 1.55. The van der Waals surface area contributed by atoms with Gasteiger partial charge in [-0.25, -0.2) is 4.98 Å². The molecule has 0 saturated heterocycles. The zero-order valence-electron chi connectivity index (χ0n) is 31.7. The summed E-state index contributed by atoms with van der Waals surface area (Å²) in [5, 5.41) is 11.6. The molecule has 54 heavy (non-hydrogen) atoms. The Morgan fingerprint density at radius 2 is 1.69 bits per heavy atom. The van der Waals surface area contributed by atoms with Crippen LogP contribution in [0.25, 0.3) is 0 Å². The van der Waals surface area contributed by atoms with Gasteiger partial charge in [-0.2, -0.15) is 0 Å². The van der Waals surface area contributed by atoms with Crippen LogP contribution in [0.5, 0.6) is 11.5 Å². The molecule has 2 bridgehead atoms. The summed E-state index contributed by atoms with van der Waals surface area (Å²) < 4.78 is 11.4. The third-order valence-corrected chi connectivity index (χ3v) is 9.46. The highest BCUT2D eigenvalue weighted by atomic mass is 16.5. The van der Waals surface area contributed by atoms with Crippen molar-refractivity contribution in [3.05, 3.63) is 89.2 Å². The highest BCUT2D eigenvalue weighted by Crippen LogP contribution is 2.30. The lowest BCUT2D eigenvalue weighted by Gasteiger charge is -2.29. The molecule has 288 valence electrons. The molecule has 3 aromatic rings. The van der Waals surface area contributed by atoms with Crippen LogP contribution in [0.3, 0.4) is 0 Å². The minimum absolute atomic E-state index is 0.0834. The van der Waals surface area contributed by atoms with Crippen molar-refractivity contribution in [1.82, 2.24) is 31.2 Å². The molecule has 0 unspecified atom stereocenters. The largest absolute Gasteiger partial charge is 0.497 e. The van der Waals surface area contributed by atoms with Crippen molar-refractivity contribution in [2.45, 2.75) is 84.0 Å². The highest BCUT2D eigenvalue weighted by molar-refractivity contribution is 5.98. The summed E-state index contributed by atoms with van der Waals surface area (Å²) in [5.41, 5.74) is 2.25. The molecule has 4 atom stereocenters. The summed E-state index contributed by atoms with van der Waals surface area (Å²) in [5.74, 6) is -0.680. The van der Waals surface area contributed by atoms with Crippen molar-refractivity contribution in [3.63, 3.8) is 0 Å². The molecule has 3 aliphatic rings. The van der Waals surface area contributed by atoms with E-state index in [1.807, 2.05) is 12.1 Å². The number of aromatic nitrogens is 1. The average Bonchev–Trinajstić information content (AvgIpc) is 3.97. The molecule has 1 saturated carbocycles. The predicted octanol–water partition coefficient (Wildman–Crippen LogP) is 3.13. The van der Waals surface area contributed by atoms with Crippen molar-refractivity contribution >= 4 is 29.5 Å². The Morgan fingerprint density at radius 1 is 0.963 bits per heavy atom. The Bertz CT molecular complexity index is 1780. The van der Waals surface area contributed by atoms with Gasteiger partial charge < -0.3 is 35.6 Å². The van der Waals surface area contributed by atoms with E-state index in [0.29, 0.717) is 30.2 Å². The second kappa shape index (κ2) is 18.5. The number of benzene rings is 2. The van der Waals surface area contributed by atoms with Crippen LogP contribution in [0.1, 0.15) is 67.3 Å². The number of rotatable bonds is 9. The second-order valence-corrected chi connectivity index (χ2v) is 14.7. The molecular weight excluding hydrogens is 688 g/mol. The Labute approximate surface area is 317 Å². The quantitative estimate of drug-likeness (QED) is 0.243. The molecule has 2 aromatic carbocycles. The zero-order chi connectivity index (χ0) is 38.8. The van der Waals surface area contributed by atoms with Crippen LogP contribution >= 0.6 is 0 Å². The lowest BCUT2D eigenvalue weighted by Crippen LogP contribution is -2.58. The highest BCUT2D eigenvalue weighted by Gasteiger charge is 2.34. The van der Waals surface area contributed by atoms with Crippen LogP contribution < -0.4 is 30.7 Å². The number of methoxy groups -OCH3 is 1. The van der Waals surface area contributed by atoms with Gasteiger partial charge in [0.05, 0.1) is 19.7 Å². The van der Waals surface area contributed by atoms with Crippen molar-refractivity contribution in [2.24, 2.45) is 11.8 Å². The molecule has 1 fully saturated rings. The van der Waals surface area contributed by atoms with Crippen molar-refractivity contribution < 1.29 is 33.4 Å². The Morgan fingerprint density at radius 3 is 2.33 bits per heavy atom. The number of carbonyl (C=O) groups is 5. The first kappa shape index (κ1) is 39.7. The molecule has 1 aliphatic carbocycles. The van der Waals surface area contributed by atoms with Gasteiger partial charge in [-0.3, -0.25) is 24.0 Å². The number of hydrogen-bond acceptors (Lipinski definition) is 8. The van der Waals surface area contributed by atoms with E-state index in [1.54, 1.807) is 75.6 Å². The average molecular weight is 741 g/mol. The minimum Gasteiger partial charge on any atom is -0.497 e. The minimum atomic E-state index is -1.13. The number of fused-ring (bicyclic) bond motifs is 17. The van der Waals surface area contributed by atoms with E-state index in [-0.39, 0.29) is 55.5 Å². The fourth-order valence-corrected chi connectivity index (χ4v) is 6.42. The number of amides is 5. The van der Waals surface area contributed by atoms with E-state index in [0.717, 1.165) is 24.0 Å². The molecule has 2 aliphatic heterocycles. The number of ether oxygens (including phenoxy) is 2. The molecule has 5 amide bonds. The molecular formula is C41H52N6O7. The van der Waals surface area contributed by atoms with Gasteiger partial charge in [-0.15, -0.1) is 0 Å². The van der Waals surface area contributed by atoms with Crippen LogP contribution in [-0.2, 0) is 32.0 Å². The van der Waals surface area contributed by atoms with Gasteiger partial charge >= 0.3 is 0 Å². The van der Waals surface area contributed by atoms with Crippen LogP contribution in [-0.4, -0.2) is 90.4 Å². The molecule has 4 N–H and O–H groups in total. The normalized spacial score (nSPS) is 21.8. The summed E-state index contributed by atoms with van der Waals surface area (Å²) in [6.07, 6.45) is 2.76. The third kappa shape index (κ3) is 11.8. The third-order valence-electron chi connectivity index (χ3n) is 9.46. The number of carbonyl (C=O) groups excluding carboxylic acids is 5. The molecule has 1 aromatic heterocycles. The van der Waals surface area contributed by atoms with Crippen LogP contribution in [0.2, 0.25) is 0 Å². The summed E-state index contributed by atoms with van der Waals surface area (Å²) >= 11 is 0. The lowest BCUT2D eigenvalue weighted by atomic mass is 10.0. The lowest BCUT2D eigenvalue weighted by molar-refractivity contribution is -0.140. The molecule has 0 spiro atoms. The van der Waals surface area contributed by atoms with Gasteiger partial charge in [-0.05, 0) is 92.5 Å². The van der Waals surface area contributed by atoms with E-state index >= 15 is 0 Å². The maximum absolute atomic E-state index is 14.2. The Balaban J connectivity index is 1.48. The topological polar surface area (TPSA) is 168 Å². The van der Waals surface area contributed by atoms with Crippen LogP contribution in [0.4, 0.5) is 0 Å². The number of hydrogen-bond donors (Lipinski definition) is 4. The zero-order valence-corrected chi connectivity index (χ0v) is 31.7. The maximum Gasteiger partial charge on any atom is 0.270 e. The first-order chi connectivity index (χ1) is 25.9. The first-order valence-electron chi connectivity index (χ1n) is 18.6. The molecule has 6 rings (SSSR count). The van der Waals surface area contributed by atoms with E-state index in [4.69, 9.17) is 9.47 Å². The molecule has 3 heterocycles. The van der Waals surface area contributed by atoms with Gasteiger partial charge in [0.25, 0.3) is 5.91 Å². The Kier molecular flexibility index (Phi) is 13.6. The number of pyridine rings is 1. The summed E-state index contributed by atoms with van der Waals surface area (Å²) in [4.78, 5) is 74.8. The van der Waals surface area contributed by atoms with Crippen molar-refractivity contribution in [2.75, 3.05) is 26.8 Å². The van der Waals surface area contributed by atoms with Gasteiger partial charge in [0.1, 0.15) is 41.9 Å². The van der Waals surface area contributed by atoms with Crippen LogP contribution in [0.15, 0.2) is 66.7 Å². The predicted molar refractivity (Wildman–Crippen MR) is 203 cm³/mol. The molecule has 13 nitrogen and oxygen atoms in total. The van der Waals surface area contributed by atoms with Crippen LogP contribution in [0, 0.1) is 18.8 Å². The number of nitrogens with zero attached hydrogens (tertiary/aromatic N) is 2. The van der Waals surface area contributed by atoms with Gasteiger partial charge in [0, 0.05) is 25.1 Å². The van der Waals surface area contributed by atoms with Crippen molar-refractivity contribution in [1.29, 1.82) is 0 Å². The Hall–Kier alpha value is -5.46. The number of aryl methyl sites for hydroxylation is 1. The van der Waals surface area contributed by atoms with E-state index in [1.165, 1.54) is 4.90 Å². The first-order valence-corrected chi connectivity index (χ1v) is 18.6. The molecule has 13 heteroatoms. The smallest absolute Gasteiger partial charge is 0.270 e. The van der Waals surface area contributed by atoms with Gasteiger partial charge in [0.2, 0.25) is 23.6 Å².